The maximum atomic E-state index is 12.1. The first kappa shape index (κ1) is 17.4. The third-order valence-electron chi connectivity index (χ3n) is 4.82. The van der Waals surface area contributed by atoms with Crippen molar-refractivity contribution in [2.45, 2.75) is 70.9 Å². The van der Waals surface area contributed by atoms with E-state index in [0.717, 1.165) is 32.2 Å². The fourth-order valence-electron chi connectivity index (χ4n) is 3.26. The van der Waals surface area contributed by atoms with Gasteiger partial charge in [0.2, 0.25) is 0 Å². The molecule has 2 N–H and O–H groups in total. The van der Waals surface area contributed by atoms with E-state index < -0.39 is 5.54 Å². The maximum absolute atomic E-state index is 12.1. The summed E-state index contributed by atoms with van der Waals surface area (Å²) < 4.78 is 5.17. The first-order valence-corrected chi connectivity index (χ1v) is 8.12. The van der Waals surface area contributed by atoms with Crippen LogP contribution in [0.4, 0.5) is 0 Å². The summed E-state index contributed by atoms with van der Waals surface area (Å²) in [6.07, 6.45) is 6.26. The van der Waals surface area contributed by atoms with Crippen molar-refractivity contribution in [3.05, 3.63) is 0 Å². The number of carbonyl (C=O) groups is 1. The van der Waals surface area contributed by atoms with Gasteiger partial charge in [-0.15, -0.1) is 0 Å². The van der Waals surface area contributed by atoms with E-state index in [-0.39, 0.29) is 11.9 Å². The number of hydrogen-bond acceptors (Lipinski definition) is 4. The van der Waals surface area contributed by atoms with Crippen LogP contribution >= 0.6 is 0 Å². The molecular weight excluding hydrogens is 252 g/mol. The molecule has 0 bridgehead atoms. The van der Waals surface area contributed by atoms with Crippen LogP contribution in [0.1, 0.15) is 59.3 Å². The summed E-state index contributed by atoms with van der Waals surface area (Å²) in [7, 11) is 2.16. The van der Waals surface area contributed by atoms with Crippen molar-refractivity contribution in [3.8, 4) is 0 Å². The smallest absolute Gasteiger partial charge is 0.326 e. The van der Waals surface area contributed by atoms with Crippen molar-refractivity contribution in [3.63, 3.8) is 0 Å². The Kier molecular flexibility index (Phi) is 6.96. The molecule has 0 aromatic heterocycles. The Morgan fingerprint density at radius 3 is 2.80 bits per heavy atom. The van der Waals surface area contributed by atoms with Gasteiger partial charge in [-0.1, -0.05) is 19.8 Å². The lowest BCUT2D eigenvalue weighted by Gasteiger charge is -2.31. The highest BCUT2D eigenvalue weighted by atomic mass is 16.5. The third kappa shape index (κ3) is 4.19. The number of hydrogen-bond donors (Lipinski definition) is 1. The molecular formula is C16H32N2O2. The highest BCUT2D eigenvalue weighted by molar-refractivity contribution is 5.81. The molecule has 4 heteroatoms. The van der Waals surface area contributed by atoms with E-state index in [1.165, 1.54) is 12.8 Å². The number of nitrogens with two attached hydrogens (primary N) is 1. The van der Waals surface area contributed by atoms with Crippen LogP contribution in [0.3, 0.4) is 0 Å². The molecule has 20 heavy (non-hydrogen) atoms. The summed E-state index contributed by atoms with van der Waals surface area (Å²) in [6.45, 7) is 7.74. The fourth-order valence-corrected chi connectivity index (χ4v) is 3.26. The molecule has 3 atom stereocenters. The highest BCUT2D eigenvalue weighted by Gasteiger charge is 2.46. The Morgan fingerprint density at radius 2 is 2.20 bits per heavy atom. The van der Waals surface area contributed by atoms with E-state index in [9.17, 15) is 4.79 Å². The van der Waals surface area contributed by atoms with Gasteiger partial charge >= 0.3 is 5.97 Å². The lowest BCUT2D eigenvalue weighted by Crippen LogP contribution is -2.52. The van der Waals surface area contributed by atoms with Crippen LogP contribution < -0.4 is 5.73 Å². The minimum Gasteiger partial charge on any atom is -0.465 e. The second kappa shape index (κ2) is 7.99. The van der Waals surface area contributed by atoms with Gasteiger partial charge in [-0.2, -0.15) is 0 Å². The third-order valence-corrected chi connectivity index (χ3v) is 4.82. The molecule has 1 aliphatic rings. The van der Waals surface area contributed by atoms with E-state index >= 15 is 0 Å². The number of ether oxygens (including phenoxy) is 1. The van der Waals surface area contributed by atoms with Crippen molar-refractivity contribution in [1.82, 2.24) is 4.90 Å². The molecule has 0 aromatic rings. The molecule has 1 saturated carbocycles. The predicted molar refractivity (Wildman–Crippen MR) is 82.5 cm³/mol. The molecule has 0 aromatic carbocycles. The first-order chi connectivity index (χ1) is 9.45. The van der Waals surface area contributed by atoms with Crippen LogP contribution in [0.25, 0.3) is 0 Å². The summed E-state index contributed by atoms with van der Waals surface area (Å²) >= 11 is 0. The number of rotatable bonds is 8. The van der Waals surface area contributed by atoms with E-state index in [2.05, 4.69) is 25.8 Å². The zero-order chi connectivity index (χ0) is 15.2. The van der Waals surface area contributed by atoms with Crippen LogP contribution in [0.5, 0.6) is 0 Å². The van der Waals surface area contributed by atoms with Crippen LogP contribution in [-0.4, -0.2) is 42.6 Å². The predicted octanol–water partition coefficient (Wildman–Crippen LogP) is 2.56. The fraction of sp³-hybridized carbons (Fsp3) is 0.938. The Morgan fingerprint density at radius 1 is 1.50 bits per heavy atom. The average Bonchev–Trinajstić information content (AvgIpc) is 2.79. The normalized spacial score (nSPS) is 27.8. The zero-order valence-electron chi connectivity index (χ0n) is 13.7. The van der Waals surface area contributed by atoms with E-state index in [0.29, 0.717) is 12.6 Å². The van der Waals surface area contributed by atoms with Gasteiger partial charge in [0.05, 0.1) is 6.61 Å². The lowest BCUT2D eigenvalue weighted by molar-refractivity contribution is -0.151. The quantitative estimate of drug-likeness (QED) is 0.696. The van der Waals surface area contributed by atoms with Gasteiger partial charge in [0.15, 0.2) is 0 Å². The molecule has 1 rings (SSSR count). The summed E-state index contributed by atoms with van der Waals surface area (Å²) in [4.78, 5) is 14.5. The molecule has 4 nitrogen and oxygen atoms in total. The van der Waals surface area contributed by atoms with Gasteiger partial charge < -0.3 is 15.4 Å². The Bertz CT molecular complexity index is 309. The maximum Gasteiger partial charge on any atom is 0.326 e. The van der Waals surface area contributed by atoms with Crippen molar-refractivity contribution in [2.75, 3.05) is 20.2 Å². The van der Waals surface area contributed by atoms with Gasteiger partial charge in [0.1, 0.15) is 5.54 Å². The molecule has 118 valence electrons. The van der Waals surface area contributed by atoms with Crippen molar-refractivity contribution < 1.29 is 9.53 Å². The molecule has 1 fully saturated rings. The monoisotopic (exact) mass is 284 g/mol. The molecule has 1 aliphatic carbocycles. The summed E-state index contributed by atoms with van der Waals surface area (Å²) in [5, 5.41) is 0. The minimum atomic E-state index is -0.745. The van der Waals surface area contributed by atoms with E-state index in [4.69, 9.17) is 10.5 Å². The number of nitrogens with zero attached hydrogens (tertiary/aromatic N) is 1. The van der Waals surface area contributed by atoms with Crippen LogP contribution in [-0.2, 0) is 9.53 Å². The van der Waals surface area contributed by atoms with Crippen molar-refractivity contribution in [2.24, 2.45) is 11.7 Å². The summed E-state index contributed by atoms with van der Waals surface area (Å²) in [6, 6.07) is 0.594. The molecule has 0 heterocycles. The number of esters is 1. The zero-order valence-corrected chi connectivity index (χ0v) is 13.7. The molecule has 0 amide bonds. The Labute approximate surface area is 124 Å². The van der Waals surface area contributed by atoms with Crippen LogP contribution in [0.15, 0.2) is 0 Å². The second-order valence-electron chi connectivity index (χ2n) is 6.26. The van der Waals surface area contributed by atoms with Gasteiger partial charge in [0, 0.05) is 6.04 Å². The standard InChI is InChI=1S/C16H32N2O2/c1-5-8-13(3)18(4)12-10-14-9-7-11-16(14,17)15(19)20-6-2/h13-14H,5-12,17H2,1-4H3. The average molecular weight is 284 g/mol. The van der Waals surface area contributed by atoms with Crippen LogP contribution in [0, 0.1) is 5.92 Å². The largest absolute Gasteiger partial charge is 0.465 e. The van der Waals surface area contributed by atoms with Gasteiger partial charge in [-0.05, 0) is 59.0 Å². The van der Waals surface area contributed by atoms with E-state index in [1.54, 1.807) is 0 Å². The molecule has 0 spiro atoms. The van der Waals surface area contributed by atoms with Gasteiger partial charge in [0.25, 0.3) is 0 Å². The van der Waals surface area contributed by atoms with Gasteiger partial charge in [-0.25, -0.2) is 0 Å². The molecule has 0 saturated heterocycles. The van der Waals surface area contributed by atoms with E-state index in [1.807, 2.05) is 6.92 Å². The van der Waals surface area contributed by atoms with Gasteiger partial charge in [-0.3, -0.25) is 4.79 Å². The van der Waals surface area contributed by atoms with Crippen LogP contribution in [0.2, 0.25) is 0 Å². The first-order valence-electron chi connectivity index (χ1n) is 8.12. The Balaban J connectivity index is 2.51. The minimum absolute atomic E-state index is 0.202. The summed E-state index contributed by atoms with van der Waals surface area (Å²) in [5.74, 6) is 0.0598. The van der Waals surface area contributed by atoms with Crippen molar-refractivity contribution in [1.29, 1.82) is 0 Å². The molecule has 0 aliphatic heterocycles. The molecule has 0 radical (unpaired) electrons. The summed E-state index contributed by atoms with van der Waals surface area (Å²) in [5.41, 5.74) is 5.62. The molecule has 3 unspecified atom stereocenters. The lowest BCUT2D eigenvalue weighted by atomic mass is 9.85. The number of carbonyl (C=O) groups excluding carboxylic acids is 1. The second-order valence-corrected chi connectivity index (χ2v) is 6.26. The Hall–Kier alpha value is -0.610. The SMILES string of the molecule is CCCC(C)N(C)CCC1CCCC1(N)C(=O)OCC. The van der Waals surface area contributed by atoms with Crippen molar-refractivity contribution >= 4 is 5.97 Å². The highest BCUT2D eigenvalue weighted by Crippen LogP contribution is 2.37. The topological polar surface area (TPSA) is 55.6 Å².